The van der Waals surface area contributed by atoms with Crippen molar-refractivity contribution < 1.29 is 9.90 Å². The first-order valence-corrected chi connectivity index (χ1v) is 10.1. The molecule has 6 nitrogen and oxygen atoms in total. The van der Waals surface area contributed by atoms with Crippen molar-refractivity contribution >= 4 is 5.91 Å². The number of aromatic nitrogens is 1. The average molecular weight is 380 g/mol. The van der Waals surface area contributed by atoms with Gasteiger partial charge in [0, 0.05) is 45.1 Å². The molecule has 2 aliphatic heterocycles. The number of hydrogen-bond acceptors (Lipinski definition) is 5. The number of rotatable bonds is 5. The third-order valence-corrected chi connectivity index (χ3v) is 5.74. The van der Waals surface area contributed by atoms with Crippen LogP contribution in [0.5, 0.6) is 5.75 Å². The Hall–Kier alpha value is -2.44. The van der Waals surface area contributed by atoms with Crippen LogP contribution in [0.3, 0.4) is 0 Å². The summed E-state index contributed by atoms with van der Waals surface area (Å²) in [5, 5.41) is 9.65. The van der Waals surface area contributed by atoms with Crippen LogP contribution < -0.4 is 0 Å². The molecule has 148 valence electrons. The summed E-state index contributed by atoms with van der Waals surface area (Å²) in [6.07, 6.45) is 5.90. The van der Waals surface area contributed by atoms with Crippen LogP contribution in [0.15, 0.2) is 48.8 Å². The fourth-order valence-corrected chi connectivity index (χ4v) is 4.26. The summed E-state index contributed by atoms with van der Waals surface area (Å²) in [4.78, 5) is 24.3. The van der Waals surface area contributed by atoms with Crippen LogP contribution in [0.1, 0.15) is 30.0 Å². The fraction of sp³-hybridized carbons (Fsp3) is 0.455. The molecule has 1 amide bonds. The predicted octanol–water partition coefficient (Wildman–Crippen LogP) is 2.27. The molecule has 3 heterocycles. The van der Waals surface area contributed by atoms with Gasteiger partial charge >= 0.3 is 0 Å². The van der Waals surface area contributed by atoms with Crippen molar-refractivity contribution in [2.24, 2.45) is 0 Å². The zero-order chi connectivity index (χ0) is 19.3. The minimum atomic E-state index is -0.214. The van der Waals surface area contributed by atoms with E-state index in [0.717, 1.165) is 69.8 Å². The van der Waals surface area contributed by atoms with Gasteiger partial charge < -0.3 is 10.0 Å². The maximum Gasteiger partial charge on any atom is 0.244 e. The van der Waals surface area contributed by atoms with Crippen LogP contribution in [0.4, 0.5) is 0 Å². The Labute approximate surface area is 166 Å². The SMILES string of the molecule is O=C([C@H](c1cccnc1)N1CCCC1)N1CCN(Cc2cccc(O)c2)CC1. The largest absolute Gasteiger partial charge is 0.508 e. The Kier molecular flexibility index (Phi) is 5.88. The van der Waals surface area contributed by atoms with E-state index in [2.05, 4.69) is 14.8 Å². The smallest absolute Gasteiger partial charge is 0.244 e. The van der Waals surface area contributed by atoms with E-state index in [1.807, 2.05) is 41.4 Å². The highest BCUT2D eigenvalue weighted by molar-refractivity contribution is 5.83. The van der Waals surface area contributed by atoms with Crippen LogP contribution in [-0.4, -0.2) is 70.0 Å². The minimum Gasteiger partial charge on any atom is -0.508 e. The molecule has 1 aromatic heterocycles. The van der Waals surface area contributed by atoms with E-state index in [4.69, 9.17) is 0 Å². The Bertz CT molecular complexity index is 784. The quantitative estimate of drug-likeness (QED) is 0.862. The van der Waals surface area contributed by atoms with Crippen LogP contribution in [-0.2, 0) is 11.3 Å². The van der Waals surface area contributed by atoms with Gasteiger partial charge in [-0.1, -0.05) is 18.2 Å². The lowest BCUT2D eigenvalue weighted by Gasteiger charge is -2.38. The summed E-state index contributed by atoms with van der Waals surface area (Å²) in [6, 6.07) is 11.1. The van der Waals surface area contributed by atoms with Gasteiger partial charge in [0.05, 0.1) is 0 Å². The number of nitrogens with zero attached hydrogens (tertiary/aromatic N) is 4. The van der Waals surface area contributed by atoms with Gasteiger partial charge in [-0.2, -0.15) is 0 Å². The van der Waals surface area contributed by atoms with E-state index in [9.17, 15) is 9.90 Å². The molecular formula is C22H28N4O2. The Balaban J connectivity index is 1.40. The first-order chi connectivity index (χ1) is 13.7. The molecule has 0 aliphatic carbocycles. The molecule has 0 saturated carbocycles. The summed E-state index contributed by atoms with van der Waals surface area (Å²) in [5.41, 5.74) is 2.10. The van der Waals surface area contributed by atoms with Gasteiger partial charge in [0.15, 0.2) is 0 Å². The summed E-state index contributed by atoms with van der Waals surface area (Å²) in [6.45, 7) is 5.92. The summed E-state index contributed by atoms with van der Waals surface area (Å²) in [5.74, 6) is 0.503. The number of aromatic hydroxyl groups is 1. The number of phenols is 1. The molecule has 0 bridgehead atoms. The third kappa shape index (κ3) is 4.34. The molecule has 0 spiro atoms. The summed E-state index contributed by atoms with van der Waals surface area (Å²) >= 11 is 0. The van der Waals surface area contributed by atoms with E-state index in [-0.39, 0.29) is 11.9 Å². The van der Waals surface area contributed by atoms with E-state index in [0.29, 0.717) is 5.75 Å². The van der Waals surface area contributed by atoms with Crippen molar-refractivity contribution in [2.75, 3.05) is 39.3 Å². The Morgan fingerprint density at radius 3 is 2.50 bits per heavy atom. The maximum absolute atomic E-state index is 13.4. The number of benzene rings is 1. The molecule has 2 aromatic rings. The average Bonchev–Trinajstić information content (AvgIpc) is 3.24. The van der Waals surface area contributed by atoms with Gasteiger partial charge in [-0.3, -0.25) is 19.6 Å². The number of carbonyl (C=O) groups excluding carboxylic acids is 1. The highest BCUT2D eigenvalue weighted by atomic mass is 16.3. The summed E-state index contributed by atoms with van der Waals surface area (Å²) < 4.78 is 0. The van der Waals surface area contributed by atoms with Crippen molar-refractivity contribution in [3.8, 4) is 5.75 Å². The third-order valence-electron chi connectivity index (χ3n) is 5.74. The molecule has 2 fully saturated rings. The van der Waals surface area contributed by atoms with Crippen LogP contribution in [0.25, 0.3) is 0 Å². The van der Waals surface area contributed by atoms with Gasteiger partial charge in [-0.05, 0) is 55.3 Å². The molecule has 0 radical (unpaired) electrons. The van der Waals surface area contributed by atoms with Crippen LogP contribution in [0, 0.1) is 0 Å². The number of pyridine rings is 1. The molecule has 2 saturated heterocycles. The molecule has 1 aromatic carbocycles. The molecule has 28 heavy (non-hydrogen) atoms. The highest BCUT2D eigenvalue weighted by Crippen LogP contribution is 2.27. The lowest BCUT2D eigenvalue weighted by atomic mass is 10.1. The number of phenolic OH excluding ortho intramolecular Hbond substituents is 1. The molecule has 1 atom stereocenters. The second-order valence-electron chi connectivity index (χ2n) is 7.70. The van der Waals surface area contributed by atoms with Crippen molar-refractivity contribution in [1.82, 2.24) is 19.7 Å². The van der Waals surface area contributed by atoms with Crippen molar-refractivity contribution in [2.45, 2.75) is 25.4 Å². The van der Waals surface area contributed by atoms with E-state index >= 15 is 0 Å². The van der Waals surface area contributed by atoms with E-state index in [1.54, 1.807) is 12.3 Å². The molecule has 4 rings (SSSR count). The normalized spacial score (nSPS) is 19.6. The molecule has 1 N–H and O–H groups in total. The van der Waals surface area contributed by atoms with E-state index in [1.165, 1.54) is 0 Å². The number of hydrogen-bond donors (Lipinski definition) is 1. The second kappa shape index (κ2) is 8.71. The van der Waals surface area contributed by atoms with Crippen LogP contribution >= 0.6 is 0 Å². The monoisotopic (exact) mass is 380 g/mol. The first-order valence-electron chi connectivity index (χ1n) is 10.1. The topological polar surface area (TPSA) is 59.9 Å². The van der Waals surface area contributed by atoms with Crippen molar-refractivity contribution in [1.29, 1.82) is 0 Å². The Morgan fingerprint density at radius 1 is 1.04 bits per heavy atom. The Morgan fingerprint density at radius 2 is 1.82 bits per heavy atom. The van der Waals surface area contributed by atoms with E-state index < -0.39 is 0 Å². The molecule has 6 heteroatoms. The first kappa shape index (κ1) is 18.9. The minimum absolute atomic E-state index is 0.201. The number of carbonyl (C=O) groups is 1. The van der Waals surface area contributed by atoms with Crippen molar-refractivity contribution in [3.05, 3.63) is 59.9 Å². The number of likely N-dealkylation sites (tertiary alicyclic amines) is 1. The summed E-state index contributed by atoms with van der Waals surface area (Å²) in [7, 11) is 0. The molecule has 0 unspecified atom stereocenters. The van der Waals surface area contributed by atoms with Gasteiger partial charge in [0.25, 0.3) is 0 Å². The number of piperazine rings is 1. The maximum atomic E-state index is 13.4. The van der Waals surface area contributed by atoms with Crippen molar-refractivity contribution in [3.63, 3.8) is 0 Å². The second-order valence-corrected chi connectivity index (χ2v) is 7.70. The molecular weight excluding hydrogens is 352 g/mol. The fourth-order valence-electron chi connectivity index (χ4n) is 4.26. The number of amides is 1. The zero-order valence-electron chi connectivity index (χ0n) is 16.2. The zero-order valence-corrected chi connectivity index (χ0v) is 16.2. The van der Waals surface area contributed by atoms with Crippen LogP contribution in [0.2, 0.25) is 0 Å². The van der Waals surface area contributed by atoms with Gasteiger partial charge in [0.2, 0.25) is 5.91 Å². The van der Waals surface area contributed by atoms with Gasteiger partial charge in [-0.15, -0.1) is 0 Å². The molecule has 2 aliphatic rings. The lowest BCUT2D eigenvalue weighted by molar-refractivity contribution is -0.138. The standard InChI is InChI=1S/C22H28N4O2/c27-20-7-3-5-18(15-20)17-24-11-13-26(14-12-24)22(28)21(25-9-1-2-10-25)19-6-4-8-23-16-19/h3-8,15-16,21,27H,1-2,9-14,17H2/t21-/m0/s1. The lowest BCUT2D eigenvalue weighted by Crippen LogP contribution is -2.51. The van der Waals surface area contributed by atoms with Gasteiger partial charge in [0.1, 0.15) is 11.8 Å². The predicted molar refractivity (Wildman–Crippen MR) is 108 cm³/mol. The highest BCUT2D eigenvalue weighted by Gasteiger charge is 2.34. The van der Waals surface area contributed by atoms with Gasteiger partial charge in [-0.25, -0.2) is 0 Å².